The first-order chi connectivity index (χ1) is 9.43. The first-order valence-electron chi connectivity index (χ1n) is 5.98. The maximum atomic E-state index is 13.0. The van der Waals surface area contributed by atoms with Gasteiger partial charge in [0.1, 0.15) is 0 Å². The number of halogens is 2. The third-order valence-electron chi connectivity index (χ3n) is 3.11. The normalized spacial score (nSPS) is 21.2. The number of aromatic amines is 1. The van der Waals surface area contributed by atoms with Gasteiger partial charge in [0.25, 0.3) is 5.92 Å². The molecule has 1 amide bonds. The summed E-state index contributed by atoms with van der Waals surface area (Å²) >= 11 is 0. The average molecular weight is 283 g/mol. The highest BCUT2D eigenvalue weighted by Gasteiger charge is 2.42. The van der Waals surface area contributed by atoms with Gasteiger partial charge in [-0.1, -0.05) is 0 Å². The molecule has 1 unspecified atom stereocenters. The zero-order valence-corrected chi connectivity index (χ0v) is 10.2. The summed E-state index contributed by atoms with van der Waals surface area (Å²) < 4.78 is 30.8. The van der Waals surface area contributed by atoms with E-state index in [0.29, 0.717) is 16.8 Å². The lowest BCUT2D eigenvalue weighted by atomic mass is 10.2. The molecule has 1 aromatic heterocycles. The number of nitrogens with one attached hydrogen (secondary N) is 3. The number of benzene rings is 1. The molecule has 0 bridgehead atoms. The van der Waals surface area contributed by atoms with Gasteiger partial charge in [0.2, 0.25) is 5.91 Å². The number of hydrogen-bond donors (Lipinski definition) is 3. The lowest BCUT2D eigenvalue weighted by Crippen LogP contribution is -2.35. The standard InChI is InChI=1S/C12H11F2N3O3/c13-12(14)4-8(15-5-12)10(18)16-6-1-2-9-7(3-6)17-11(19)20-9/h1-3,8,15H,4-5H2,(H,16,18)(H,17,19). The van der Waals surface area contributed by atoms with Gasteiger partial charge in [0.15, 0.2) is 5.58 Å². The van der Waals surface area contributed by atoms with Crippen LogP contribution in [-0.2, 0) is 4.79 Å². The first-order valence-corrected chi connectivity index (χ1v) is 5.98. The molecule has 0 radical (unpaired) electrons. The summed E-state index contributed by atoms with van der Waals surface area (Å²) in [6, 6.07) is 3.62. The van der Waals surface area contributed by atoms with Crippen LogP contribution in [0.5, 0.6) is 0 Å². The number of oxazole rings is 1. The Bertz CT molecular complexity index is 722. The Morgan fingerprint density at radius 1 is 1.45 bits per heavy atom. The second-order valence-corrected chi connectivity index (χ2v) is 4.71. The predicted octanol–water partition coefficient (Wildman–Crippen LogP) is 1.06. The molecule has 3 N–H and O–H groups in total. The second kappa shape index (κ2) is 4.41. The summed E-state index contributed by atoms with van der Waals surface area (Å²) in [5.41, 5.74) is 1.19. The molecule has 1 aromatic carbocycles. The van der Waals surface area contributed by atoms with Crippen LogP contribution in [0.2, 0.25) is 0 Å². The molecule has 3 rings (SSSR count). The summed E-state index contributed by atoms with van der Waals surface area (Å²) in [5.74, 6) is -3.99. The van der Waals surface area contributed by atoms with Gasteiger partial charge < -0.3 is 9.73 Å². The number of hydrogen-bond acceptors (Lipinski definition) is 4. The third-order valence-corrected chi connectivity index (χ3v) is 3.11. The number of H-pyrrole nitrogens is 1. The number of fused-ring (bicyclic) bond motifs is 1. The van der Waals surface area contributed by atoms with Crippen molar-refractivity contribution in [2.24, 2.45) is 0 Å². The predicted molar refractivity (Wildman–Crippen MR) is 66.8 cm³/mol. The zero-order valence-electron chi connectivity index (χ0n) is 10.2. The molecule has 1 aliphatic heterocycles. The fourth-order valence-corrected chi connectivity index (χ4v) is 2.16. The maximum absolute atomic E-state index is 13.0. The molecule has 2 heterocycles. The summed E-state index contributed by atoms with van der Waals surface area (Å²) in [7, 11) is 0. The molecular formula is C12H11F2N3O3. The molecule has 0 saturated carbocycles. The van der Waals surface area contributed by atoms with Gasteiger partial charge in [0.05, 0.1) is 18.1 Å². The van der Waals surface area contributed by atoms with Crippen molar-refractivity contribution in [3.8, 4) is 0 Å². The molecule has 6 nitrogen and oxygen atoms in total. The van der Waals surface area contributed by atoms with Gasteiger partial charge in [-0.3, -0.25) is 15.1 Å². The van der Waals surface area contributed by atoms with Crippen LogP contribution in [-0.4, -0.2) is 29.4 Å². The fourth-order valence-electron chi connectivity index (χ4n) is 2.16. The number of carbonyl (C=O) groups excluding carboxylic acids is 1. The Labute approximate surface area is 111 Å². The van der Waals surface area contributed by atoms with Crippen molar-refractivity contribution in [3.05, 3.63) is 28.7 Å². The van der Waals surface area contributed by atoms with E-state index >= 15 is 0 Å². The molecule has 1 fully saturated rings. The molecule has 2 aromatic rings. The molecule has 1 atom stereocenters. The second-order valence-electron chi connectivity index (χ2n) is 4.71. The zero-order chi connectivity index (χ0) is 14.3. The van der Waals surface area contributed by atoms with Gasteiger partial charge in [-0.15, -0.1) is 0 Å². The van der Waals surface area contributed by atoms with Gasteiger partial charge in [0, 0.05) is 12.1 Å². The largest absolute Gasteiger partial charge is 0.417 e. The summed E-state index contributed by atoms with van der Waals surface area (Å²) in [5, 5.41) is 4.99. The summed E-state index contributed by atoms with van der Waals surface area (Å²) in [6.45, 7) is -0.501. The van der Waals surface area contributed by atoms with Crippen LogP contribution in [0.15, 0.2) is 27.4 Å². The minimum absolute atomic E-state index is 0.360. The van der Waals surface area contributed by atoms with Crippen molar-refractivity contribution >= 4 is 22.7 Å². The number of aromatic nitrogens is 1. The summed E-state index contributed by atoms with van der Waals surface area (Å²) in [4.78, 5) is 25.3. The van der Waals surface area contributed by atoms with E-state index in [0.717, 1.165) is 0 Å². The topological polar surface area (TPSA) is 87.1 Å². The van der Waals surface area contributed by atoms with Crippen LogP contribution in [0.25, 0.3) is 11.1 Å². The quantitative estimate of drug-likeness (QED) is 0.769. The lowest BCUT2D eigenvalue weighted by molar-refractivity contribution is -0.118. The van der Waals surface area contributed by atoms with E-state index in [2.05, 4.69) is 15.6 Å². The van der Waals surface area contributed by atoms with Crippen LogP contribution in [0.1, 0.15) is 6.42 Å². The Kier molecular flexibility index (Phi) is 2.82. The van der Waals surface area contributed by atoms with E-state index in [1.54, 1.807) is 0 Å². The van der Waals surface area contributed by atoms with Crippen LogP contribution in [0.4, 0.5) is 14.5 Å². The van der Waals surface area contributed by atoms with Gasteiger partial charge >= 0.3 is 5.76 Å². The van der Waals surface area contributed by atoms with Crippen molar-refractivity contribution in [2.45, 2.75) is 18.4 Å². The highest BCUT2D eigenvalue weighted by Crippen LogP contribution is 2.26. The first kappa shape index (κ1) is 12.8. The van der Waals surface area contributed by atoms with E-state index in [1.807, 2.05) is 0 Å². The molecule has 1 aliphatic rings. The van der Waals surface area contributed by atoms with E-state index in [-0.39, 0.29) is 0 Å². The fraction of sp³-hybridized carbons (Fsp3) is 0.333. The smallest absolute Gasteiger partial charge is 0.408 e. The Morgan fingerprint density at radius 2 is 2.25 bits per heavy atom. The molecule has 1 saturated heterocycles. The average Bonchev–Trinajstić information content (AvgIpc) is 2.90. The van der Waals surface area contributed by atoms with Crippen LogP contribution < -0.4 is 16.4 Å². The third kappa shape index (κ3) is 2.42. The van der Waals surface area contributed by atoms with Crippen LogP contribution in [0, 0.1) is 0 Å². The molecule has 0 spiro atoms. The van der Waals surface area contributed by atoms with Crippen molar-refractivity contribution in [1.29, 1.82) is 0 Å². The maximum Gasteiger partial charge on any atom is 0.417 e. The number of amides is 1. The minimum atomic E-state index is -2.86. The number of alkyl halides is 2. The molecule has 20 heavy (non-hydrogen) atoms. The van der Waals surface area contributed by atoms with E-state index in [4.69, 9.17) is 4.42 Å². The lowest BCUT2D eigenvalue weighted by Gasteiger charge is -2.11. The highest BCUT2D eigenvalue weighted by atomic mass is 19.3. The summed E-state index contributed by atoms with van der Waals surface area (Å²) in [6.07, 6.45) is -0.524. The monoisotopic (exact) mass is 283 g/mol. The van der Waals surface area contributed by atoms with E-state index in [9.17, 15) is 18.4 Å². The van der Waals surface area contributed by atoms with Gasteiger partial charge in [-0.2, -0.15) is 0 Å². The highest BCUT2D eigenvalue weighted by molar-refractivity contribution is 5.96. The van der Waals surface area contributed by atoms with Crippen molar-refractivity contribution in [1.82, 2.24) is 10.3 Å². The van der Waals surface area contributed by atoms with Crippen molar-refractivity contribution < 1.29 is 18.0 Å². The van der Waals surface area contributed by atoms with Crippen molar-refractivity contribution in [3.63, 3.8) is 0 Å². The molecule has 106 valence electrons. The SMILES string of the molecule is O=C(Nc1ccc2oc(=O)[nH]c2c1)C1CC(F)(F)CN1. The Morgan fingerprint density at radius 3 is 2.95 bits per heavy atom. The van der Waals surface area contributed by atoms with Crippen LogP contribution >= 0.6 is 0 Å². The van der Waals surface area contributed by atoms with Crippen molar-refractivity contribution in [2.75, 3.05) is 11.9 Å². The Hall–Kier alpha value is -2.22. The molecular weight excluding hydrogens is 272 g/mol. The van der Waals surface area contributed by atoms with Gasteiger partial charge in [-0.05, 0) is 18.2 Å². The minimum Gasteiger partial charge on any atom is -0.408 e. The van der Waals surface area contributed by atoms with Gasteiger partial charge in [-0.25, -0.2) is 13.6 Å². The molecule has 0 aliphatic carbocycles. The number of rotatable bonds is 2. The van der Waals surface area contributed by atoms with Crippen LogP contribution in [0.3, 0.4) is 0 Å². The van der Waals surface area contributed by atoms with E-state index < -0.39 is 36.6 Å². The Balaban J connectivity index is 1.76. The van der Waals surface area contributed by atoms with E-state index in [1.165, 1.54) is 18.2 Å². The molecule has 8 heteroatoms. The number of anilines is 1. The number of carbonyl (C=O) groups is 1.